The molecule has 0 unspecified atom stereocenters. The van der Waals surface area contributed by atoms with Crippen LogP contribution in [0, 0.1) is 6.92 Å². The van der Waals surface area contributed by atoms with Gasteiger partial charge in [0.2, 0.25) is 0 Å². The van der Waals surface area contributed by atoms with E-state index in [9.17, 15) is 0 Å². The first-order valence-electron chi connectivity index (χ1n) is 11.1. The molecule has 0 aliphatic carbocycles. The van der Waals surface area contributed by atoms with E-state index in [4.69, 9.17) is 26.1 Å². The lowest BCUT2D eigenvalue weighted by Gasteiger charge is -2.27. The molecule has 2 aromatic heterocycles. The van der Waals surface area contributed by atoms with Crippen molar-refractivity contribution in [2.45, 2.75) is 29.0 Å². The SMILES string of the molecule is COc1ccc(N2C(=S)N[C@@H](c3ccccn3)[C@H]2c2ccc(Sc3ccc(C)cc3)o2)c(OC)c1. The van der Waals surface area contributed by atoms with Crippen LogP contribution >= 0.6 is 24.0 Å². The molecule has 4 aromatic rings. The van der Waals surface area contributed by atoms with E-state index in [0.717, 1.165) is 27.1 Å². The number of hydrogen-bond donors (Lipinski definition) is 1. The van der Waals surface area contributed by atoms with Crippen LogP contribution in [0.2, 0.25) is 0 Å². The number of nitrogens with one attached hydrogen (secondary N) is 1. The fourth-order valence-corrected chi connectivity index (χ4v) is 5.28. The molecule has 0 amide bonds. The molecule has 1 fully saturated rings. The molecule has 0 radical (unpaired) electrons. The Morgan fingerprint density at radius 1 is 1.00 bits per heavy atom. The van der Waals surface area contributed by atoms with Crippen LogP contribution in [-0.2, 0) is 0 Å². The maximum Gasteiger partial charge on any atom is 0.174 e. The highest BCUT2D eigenvalue weighted by molar-refractivity contribution is 7.99. The van der Waals surface area contributed by atoms with Crippen molar-refractivity contribution in [2.24, 2.45) is 0 Å². The van der Waals surface area contributed by atoms with E-state index in [1.54, 1.807) is 32.2 Å². The molecule has 0 bridgehead atoms. The summed E-state index contributed by atoms with van der Waals surface area (Å²) in [5.74, 6) is 2.14. The minimum atomic E-state index is -0.271. The highest BCUT2D eigenvalue weighted by atomic mass is 32.2. The lowest BCUT2D eigenvalue weighted by molar-refractivity contribution is 0.378. The maximum atomic E-state index is 6.40. The first-order valence-corrected chi connectivity index (χ1v) is 12.4. The molecule has 1 N–H and O–H groups in total. The van der Waals surface area contributed by atoms with Crippen molar-refractivity contribution in [1.82, 2.24) is 10.3 Å². The third-order valence-electron chi connectivity index (χ3n) is 5.88. The van der Waals surface area contributed by atoms with Gasteiger partial charge in [-0.3, -0.25) is 4.98 Å². The summed E-state index contributed by atoms with van der Waals surface area (Å²) in [5, 5.41) is 4.83. The van der Waals surface area contributed by atoms with Crippen LogP contribution in [0.1, 0.15) is 29.1 Å². The van der Waals surface area contributed by atoms with E-state index in [1.165, 1.54) is 5.56 Å². The van der Waals surface area contributed by atoms with Crippen molar-refractivity contribution >= 4 is 34.8 Å². The Morgan fingerprint density at radius 3 is 2.54 bits per heavy atom. The minimum absolute atomic E-state index is 0.209. The fourth-order valence-electron chi connectivity index (χ4n) is 4.16. The summed E-state index contributed by atoms with van der Waals surface area (Å²) in [6.07, 6.45) is 1.79. The molecule has 1 aliphatic rings. The number of benzene rings is 2. The fraction of sp³-hybridized carbons (Fsp3) is 0.185. The smallest absolute Gasteiger partial charge is 0.174 e. The van der Waals surface area contributed by atoms with Crippen molar-refractivity contribution < 1.29 is 13.9 Å². The second-order valence-corrected chi connectivity index (χ2v) is 9.57. The van der Waals surface area contributed by atoms with E-state index < -0.39 is 0 Å². The quantitative estimate of drug-likeness (QED) is 0.294. The Hall–Kier alpha value is -3.49. The molecule has 3 heterocycles. The third kappa shape index (κ3) is 4.72. The van der Waals surface area contributed by atoms with Crippen molar-refractivity contribution in [3.8, 4) is 11.5 Å². The summed E-state index contributed by atoms with van der Waals surface area (Å²) in [4.78, 5) is 7.76. The Morgan fingerprint density at radius 2 is 1.83 bits per heavy atom. The van der Waals surface area contributed by atoms with Gasteiger partial charge in [-0.05, 0) is 67.7 Å². The molecule has 0 spiro atoms. The molecule has 2 aromatic carbocycles. The number of thiocarbonyl (C=S) groups is 1. The number of nitrogens with zero attached hydrogens (tertiary/aromatic N) is 2. The molecule has 1 saturated heterocycles. The van der Waals surface area contributed by atoms with Gasteiger partial charge in [-0.25, -0.2) is 0 Å². The highest BCUT2D eigenvalue weighted by Crippen LogP contribution is 2.46. The number of rotatable bonds is 7. The van der Waals surface area contributed by atoms with Gasteiger partial charge < -0.3 is 24.1 Å². The second-order valence-electron chi connectivity index (χ2n) is 8.11. The van der Waals surface area contributed by atoms with Crippen LogP contribution < -0.4 is 19.7 Å². The number of anilines is 1. The normalized spacial score (nSPS) is 17.3. The second kappa shape index (κ2) is 10.0. The molecule has 178 valence electrons. The van der Waals surface area contributed by atoms with Gasteiger partial charge in [0.05, 0.1) is 31.6 Å². The molecule has 35 heavy (non-hydrogen) atoms. The van der Waals surface area contributed by atoms with Gasteiger partial charge in [0.1, 0.15) is 23.3 Å². The third-order valence-corrected chi connectivity index (χ3v) is 7.12. The molecule has 0 saturated carbocycles. The summed E-state index contributed by atoms with van der Waals surface area (Å²) in [6.45, 7) is 2.08. The zero-order valence-corrected chi connectivity index (χ0v) is 21.2. The predicted octanol–water partition coefficient (Wildman–Crippen LogP) is 6.33. The average molecular weight is 504 g/mol. The number of ether oxygens (including phenoxy) is 2. The molecule has 1 aliphatic heterocycles. The first-order chi connectivity index (χ1) is 17.1. The largest absolute Gasteiger partial charge is 0.497 e. The molecule has 5 rings (SSSR count). The highest BCUT2D eigenvalue weighted by Gasteiger charge is 2.43. The van der Waals surface area contributed by atoms with E-state index in [2.05, 4.69) is 41.5 Å². The number of pyridine rings is 1. The summed E-state index contributed by atoms with van der Waals surface area (Å²) >= 11 is 7.41. The topological polar surface area (TPSA) is 59.8 Å². The lowest BCUT2D eigenvalue weighted by Crippen LogP contribution is -2.29. The van der Waals surface area contributed by atoms with Gasteiger partial charge >= 0.3 is 0 Å². The van der Waals surface area contributed by atoms with Crippen molar-refractivity contribution in [3.05, 3.63) is 96.0 Å². The summed E-state index contributed by atoms with van der Waals surface area (Å²) in [5.41, 5.74) is 2.92. The number of aromatic nitrogens is 1. The van der Waals surface area contributed by atoms with Gasteiger partial charge in [-0.1, -0.05) is 35.5 Å². The van der Waals surface area contributed by atoms with E-state index >= 15 is 0 Å². The number of aryl methyl sites for hydroxylation is 1. The van der Waals surface area contributed by atoms with E-state index in [0.29, 0.717) is 16.6 Å². The van der Waals surface area contributed by atoms with Crippen LogP contribution in [0.4, 0.5) is 5.69 Å². The van der Waals surface area contributed by atoms with Crippen LogP contribution in [0.15, 0.2) is 93.4 Å². The van der Waals surface area contributed by atoms with Gasteiger partial charge in [0.25, 0.3) is 0 Å². The number of methoxy groups -OCH3 is 2. The Balaban J connectivity index is 1.55. The summed E-state index contributed by atoms with van der Waals surface area (Å²) < 4.78 is 17.5. The Bertz CT molecular complexity index is 1330. The average Bonchev–Trinajstić information content (AvgIpc) is 3.49. The van der Waals surface area contributed by atoms with Crippen molar-refractivity contribution in [2.75, 3.05) is 19.1 Å². The number of hydrogen-bond acceptors (Lipinski definition) is 6. The van der Waals surface area contributed by atoms with E-state index in [-0.39, 0.29) is 12.1 Å². The summed E-state index contributed by atoms with van der Waals surface area (Å²) in [6, 6.07) is 23.5. The monoisotopic (exact) mass is 503 g/mol. The molecular weight excluding hydrogens is 478 g/mol. The van der Waals surface area contributed by atoms with Crippen LogP contribution in [0.3, 0.4) is 0 Å². The Kier molecular flexibility index (Phi) is 6.66. The lowest BCUT2D eigenvalue weighted by atomic mass is 10.0. The molecular formula is C27H25N3O3S2. The van der Waals surface area contributed by atoms with Crippen LogP contribution in [0.25, 0.3) is 0 Å². The standard InChI is InChI=1S/C27H25N3O3S2/c1-17-7-10-19(11-8-17)35-24-14-13-22(33-24)26-25(20-6-4-5-15-28-20)29-27(34)30(26)21-12-9-18(31-2)16-23(21)32-3/h4-16,25-26H,1-3H3,(H,29,34)/t25-,26+/m0/s1. The molecule has 6 nitrogen and oxygen atoms in total. The van der Waals surface area contributed by atoms with Gasteiger partial charge in [-0.15, -0.1) is 0 Å². The van der Waals surface area contributed by atoms with Crippen molar-refractivity contribution in [1.29, 1.82) is 0 Å². The Labute approximate surface area is 214 Å². The zero-order valence-electron chi connectivity index (χ0n) is 19.6. The van der Waals surface area contributed by atoms with Gasteiger partial charge in [0.15, 0.2) is 10.2 Å². The predicted molar refractivity (Wildman–Crippen MR) is 141 cm³/mol. The summed E-state index contributed by atoms with van der Waals surface area (Å²) in [7, 11) is 3.27. The van der Waals surface area contributed by atoms with Gasteiger partial charge in [-0.2, -0.15) is 0 Å². The van der Waals surface area contributed by atoms with Gasteiger partial charge in [0, 0.05) is 17.2 Å². The first kappa shape index (κ1) is 23.3. The van der Waals surface area contributed by atoms with Crippen molar-refractivity contribution in [3.63, 3.8) is 0 Å². The zero-order chi connectivity index (χ0) is 24.4. The minimum Gasteiger partial charge on any atom is -0.497 e. The van der Waals surface area contributed by atoms with Crippen LogP contribution in [0.5, 0.6) is 11.5 Å². The van der Waals surface area contributed by atoms with Crippen LogP contribution in [-0.4, -0.2) is 24.3 Å². The van der Waals surface area contributed by atoms with E-state index in [1.807, 2.05) is 53.4 Å². The molecule has 2 atom stereocenters. The maximum absolute atomic E-state index is 6.40. The number of furan rings is 1. The molecule has 8 heteroatoms.